The molecule has 1 aromatic rings. The van der Waals surface area contributed by atoms with Gasteiger partial charge in [0, 0.05) is 25.3 Å². The van der Waals surface area contributed by atoms with E-state index in [-0.39, 0.29) is 22.5 Å². The largest absolute Gasteiger partial charge is 0.513 e. The number of likely N-dealkylation sites (tertiary alicyclic amines) is 1. The Morgan fingerprint density at radius 1 is 1.15 bits per heavy atom. The third-order valence-electron chi connectivity index (χ3n) is 5.52. The fourth-order valence-corrected chi connectivity index (χ4v) is 3.70. The molecular weight excluding hydrogens is 361 g/mol. The van der Waals surface area contributed by atoms with Crippen LogP contribution >= 0.6 is 0 Å². The molecule has 2 N–H and O–H groups in total. The molecule has 2 amide bonds. The van der Waals surface area contributed by atoms with Crippen molar-refractivity contribution in [2.24, 2.45) is 5.92 Å². The van der Waals surface area contributed by atoms with Crippen molar-refractivity contribution in [1.29, 1.82) is 0 Å². The first-order valence-electron chi connectivity index (χ1n) is 8.92. The summed E-state index contributed by atoms with van der Waals surface area (Å²) in [6.45, 7) is 6.00. The maximum atomic E-state index is 13.0. The van der Waals surface area contributed by atoms with Crippen molar-refractivity contribution < 1.29 is 32.3 Å². The molecule has 0 unspecified atom stereocenters. The van der Waals surface area contributed by atoms with Crippen molar-refractivity contribution in [3.8, 4) is 0 Å². The highest BCUT2D eigenvalue weighted by molar-refractivity contribution is 5.78. The fourth-order valence-electron chi connectivity index (χ4n) is 3.70. The molecule has 27 heavy (non-hydrogen) atoms. The Morgan fingerprint density at radius 2 is 1.70 bits per heavy atom. The Labute approximate surface area is 156 Å². The lowest BCUT2D eigenvalue weighted by Gasteiger charge is -2.47. The third-order valence-corrected chi connectivity index (χ3v) is 5.52. The number of hydrogen-bond acceptors (Lipinski definition) is 2. The quantitative estimate of drug-likeness (QED) is 0.770. The minimum absolute atomic E-state index is 0.0134. The summed E-state index contributed by atoms with van der Waals surface area (Å²) >= 11 is 0. The summed E-state index contributed by atoms with van der Waals surface area (Å²) in [5, 5.41) is 12.3. The molecule has 0 aliphatic carbocycles. The number of benzene rings is 1. The van der Waals surface area contributed by atoms with Crippen LogP contribution in [0.4, 0.5) is 18.0 Å². The van der Waals surface area contributed by atoms with Gasteiger partial charge in [0.05, 0.1) is 18.7 Å². The molecule has 0 saturated carbocycles. The van der Waals surface area contributed by atoms with E-state index in [0.717, 1.165) is 6.07 Å². The van der Waals surface area contributed by atoms with Gasteiger partial charge in [0.2, 0.25) is 5.91 Å². The molecule has 8 heteroatoms. The van der Waals surface area contributed by atoms with Crippen molar-refractivity contribution in [3.05, 3.63) is 35.4 Å². The van der Waals surface area contributed by atoms with E-state index in [1.165, 1.54) is 18.2 Å². The maximum Gasteiger partial charge on any atom is 0.513 e. The Balaban J connectivity index is 2.01. The molecule has 0 aromatic heterocycles. The zero-order valence-electron chi connectivity index (χ0n) is 15.8. The van der Waals surface area contributed by atoms with Gasteiger partial charge in [0.1, 0.15) is 5.54 Å². The Bertz CT molecular complexity index is 703. The van der Waals surface area contributed by atoms with E-state index in [1.807, 2.05) is 20.8 Å². The average Bonchev–Trinajstić information content (AvgIpc) is 2.58. The zero-order valence-corrected chi connectivity index (χ0v) is 15.8. The molecular formula is C19H26F3N2O3+. The molecule has 2 rings (SSSR count). The number of carbonyl (C=O) groups is 2. The van der Waals surface area contributed by atoms with Crippen molar-refractivity contribution >= 4 is 12.0 Å². The summed E-state index contributed by atoms with van der Waals surface area (Å²) in [7, 11) is 0. The molecule has 1 aliphatic rings. The number of piperidine rings is 1. The molecule has 150 valence electrons. The summed E-state index contributed by atoms with van der Waals surface area (Å²) in [5.41, 5.74) is -1.25. The minimum Gasteiger partial charge on any atom is -0.435 e. The molecule has 1 aliphatic heterocycles. The van der Waals surface area contributed by atoms with E-state index in [9.17, 15) is 27.9 Å². The van der Waals surface area contributed by atoms with Crippen LogP contribution in [0.15, 0.2) is 24.3 Å². The second-order valence-corrected chi connectivity index (χ2v) is 8.02. The van der Waals surface area contributed by atoms with Crippen molar-refractivity contribution in [2.45, 2.75) is 51.9 Å². The van der Waals surface area contributed by atoms with Gasteiger partial charge in [-0.05, 0) is 32.4 Å². The average molecular weight is 387 g/mol. The smallest absolute Gasteiger partial charge is 0.435 e. The first kappa shape index (κ1) is 21.2. The van der Waals surface area contributed by atoms with Gasteiger partial charge >= 0.3 is 12.3 Å². The zero-order chi connectivity index (χ0) is 20.5. The van der Waals surface area contributed by atoms with Crippen LogP contribution in [0.2, 0.25) is 0 Å². The number of quaternary nitrogens is 1. The summed E-state index contributed by atoms with van der Waals surface area (Å²) in [4.78, 5) is 24.2. The van der Waals surface area contributed by atoms with Crippen LogP contribution in [0, 0.1) is 5.92 Å². The van der Waals surface area contributed by atoms with E-state index < -0.39 is 29.3 Å². The topological polar surface area (TPSA) is 66.4 Å². The molecule has 0 spiro atoms. The molecule has 0 atom stereocenters. The van der Waals surface area contributed by atoms with E-state index in [0.29, 0.717) is 25.9 Å². The van der Waals surface area contributed by atoms with Crippen LogP contribution in [-0.2, 0) is 17.5 Å². The molecule has 1 heterocycles. The van der Waals surface area contributed by atoms with Crippen LogP contribution in [0.3, 0.4) is 0 Å². The number of nitrogens with zero attached hydrogens (tertiary/aromatic N) is 1. The molecule has 0 bridgehead atoms. The Morgan fingerprint density at radius 3 is 2.19 bits per heavy atom. The minimum atomic E-state index is -4.47. The monoisotopic (exact) mass is 387 g/mol. The van der Waals surface area contributed by atoms with Crippen molar-refractivity contribution in [2.75, 3.05) is 13.1 Å². The second kappa shape index (κ2) is 7.50. The predicted octanol–water partition coefficient (Wildman–Crippen LogP) is 4.02. The number of carbonyl (C=O) groups excluding carboxylic acids is 1. The summed E-state index contributed by atoms with van der Waals surface area (Å²) < 4.78 is 39.0. The number of amides is 2. The standard InChI is InChI=1S/C19H25F3N2O3/c1-18(2,3)24(17(26)27)10-8-13(9-11-24)16(25)23-12-14-6-4-5-7-15(14)19(20,21)22/h4-7,13H,8-12H2,1-3H3,(H-,23,25,26,27)/p+1. The van der Waals surface area contributed by atoms with Gasteiger partial charge in [-0.2, -0.15) is 18.0 Å². The number of rotatable bonds is 3. The number of hydrogen-bond donors (Lipinski definition) is 2. The van der Waals surface area contributed by atoms with Crippen LogP contribution in [0.25, 0.3) is 0 Å². The fraction of sp³-hybridized carbons (Fsp3) is 0.579. The number of nitrogens with one attached hydrogen (secondary N) is 1. The lowest BCUT2D eigenvalue weighted by molar-refractivity contribution is -0.908. The van der Waals surface area contributed by atoms with Crippen LogP contribution in [0.5, 0.6) is 0 Å². The Kier molecular flexibility index (Phi) is 5.89. The van der Waals surface area contributed by atoms with E-state index in [1.54, 1.807) is 0 Å². The van der Waals surface area contributed by atoms with Gasteiger partial charge in [0.25, 0.3) is 0 Å². The van der Waals surface area contributed by atoms with Crippen molar-refractivity contribution in [3.63, 3.8) is 0 Å². The maximum absolute atomic E-state index is 13.0. The normalized spacial score (nSPS) is 23.7. The van der Waals surface area contributed by atoms with Crippen LogP contribution in [-0.4, -0.2) is 40.2 Å². The van der Waals surface area contributed by atoms with Crippen LogP contribution < -0.4 is 5.32 Å². The van der Waals surface area contributed by atoms with Gasteiger partial charge in [-0.25, -0.2) is 4.48 Å². The molecule has 1 aromatic carbocycles. The molecule has 1 saturated heterocycles. The first-order chi connectivity index (χ1) is 12.4. The lowest BCUT2D eigenvalue weighted by Crippen LogP contribution is -2.66. The van der Waals surface area contributed by atoms with Gasteiger partial charge < -0.3 is 10.4 Å². The van der Waals surface area contributed by atoms with Crippen LogP contribution in [0.1, 0.15) is 44.7 Å². The number of carboxylic acid groups (broad SMARTS) is 1. The van der Waals surface area contributed by atoms with E-state index in [4.69, 9.17) is 0 Å². The summed E-state index contributed by atoms with van der Waals surface area (Å²) in [5.74, 6) is -0.722. The summed E-state index contributed by atoms with van der Waals surface area (Å²) in [6.07, 6.45) is -4.62. The van der Waals surface area contributed by atoms with E-state index >= 15 is 0 Å². The second-order valence-electron chi connectivity index (χ2n) is 8.02. The Hall–Kier alpha value is -2.09. The number of alkyl halides is 3. The predicted molar refractivity (Wildman–Crippen MR) is 93.8 cm³/mol. The highest BCUT2D eigenvalue weighted by Crippen LogP contribution is 2.34. The van der Waals surface area contributed by atoms with Gasteiger partial charge in [-0.3, -0.25) is 4.79 Å². The molecule has 1 fully saturated rings. The van der Waals surface area contributed by atoms with Gasteiger partial charge in [-0.15, -0.1) is 0 Å². The summed E-state index contributed by atoms with van der Waals surface area (Å²) in [6, 6.07) is 5.14. The van der Waals surface area contributed by atoms with Crippen molar-refractivity contribution in [1.82, 2.24) is 5.32 Å². The highest BCUT2D eigenvalue weighted by Gasteiger charge is 2.50. The highest BCUT2D eigenvalue weighted by atomic mass is 19.4. The first-order valence-corrected chi connectivity index (χ1v) is 8.92. The van der Waals surface area contributed by atoms with E-state index in [2.05, 4.69) is 5.32 Å². The van der Waals surface area contributed by atoms with Gasteiger partial charge in [0.15, 0.2) is 0 Å². The third kappa shape index (κ3) is 4.43. The number of halogens is 3. The lowest BCUT2D eigenvalue weighted by atomic mass is 9.89. The SMILES string of the molecule is CC(C)(C)[N+]1(C(=O)O)CCC(C(=O)NCc2ccccc2C(F)(F)F)CC1. The molecule has 0 radical (unpaired) electrons. The van der Waals surface area contributed by atoms with Gasteiger partial charge in [-0.1, -0.05) is 18.2 Å². The molecule has 5 nitrogen and oxygen atoms in total.